The molecule has 0 bridgehead atoms. The number of nitrogens with two attached hydrogens (primary N) is 1. The van der Waals surface area contributed by atoms with Gasteiger partial charge >= 0.3 is 5.97 Å². The smallest absolute Gasteiger partial charge is 0.326 e. The minimum Gasteiger partial charge on any atom is -0.480 e. The summed E-state index contributed by atoms with van der Waals surface area (Å²) in [4.78, 5) is 79.6. The Morgan fingerprint density at radius 1 is 0.732 bits per heavy atom. The SMILES string of the molecule is CC(C)C[C@H](NC(=O)[C@H](C)NC(=O)[C@@H]1CCCN1C(=O)[C@H](CC(C)C)NC(=O)[C@H](C)N)C(=O)N1CCC[C@H]1C(=O)O. The number of carboxylic acids is 1. The second kappa shape index (κ2) is 15.1. The number of rotatable bonds is 13. The van der Waals surface area contributed by atoms with E-state index in [0.29, 0.717) is 51.6 Å². The van der Waals surface area contributed by atoms with Gasteiger partial charge in [-0.25, -0.2) is 4.79 Å². The van der Waals surface area contributed by atoms with E-state index in [1.807, 2.05) is 27.7 Å². The van der Waals surface area contributed by atoms with Crippen LogP contribution < -0.4 is 21.7 Å². The summed E-state index contributed by atoms with van der Waals surface area (Å²) in [7, 11) is 0. The van der Waals surface area contributed by atoms with Crippen LogP contribution in [-0.2, 0) is 28.8 Å². The number of hydrogen-bond acceptors (Lipinski definition) is 7. The zero-order chi connectivity index (χ0) is 31.0. The Labute approximate surface area is 242 Å². The van der Waals surface area contributed by atoms with E-state index in [4.69, 9.17) is 5.73 Å². The molecule has 2 rings (SSSR count). The number of likely N-dealkylation sites (tertiary alicyclic amines) is 2. The molecule has 6 atom stereocenters. The van der Waals surface area contributed by atoms with Gasteiger partial charge in [0.25, 0.3) is 0 Å². The molecule has 0 spiro atoms. The quantitative estimate of drug-likeness (QED) is 0.200. The second-order valence-electron chi connectivity index (χ2n) is 12.1. The highest BCUT2D eigenvalue weighted by molar-refractivity contribution is 5.96. The fourth-order valence-electron chi connectivity index (χ4n) is 5.35. The van der Waals surface area contributed by atoms with Gasteiger partial charge in [0.1, 0.15) is 30.2 Å². The van der Waals surface area contributed by atoms with Gasteiger partial charge in [-0.2, -0.15) is 0 Å². The number of carbonyl (C=O) groups is 6. The van der Waals surface area contributed by atoms with Gasteiger partial charge in [-0.15, -0.1) is 0 Å². The van der Waals surface area contributed by atoms with E-state index >= 15 is 0 Å². The van der Waals surface area contributed by atoms with Gasteiger partial charge in [-0.05, 0) is 64.2 Å². The molecule has 0 aromatic heterocycles. The van der Waals surface area contributed by atoms with Crippen LogP contribution in [0.3, 0.4) is 0 Å². The molecule has 2 heterocycles. The van der Waals surface area contributed by atoms with Crippen LogP contribution in [0, 0.1) is 11.8 Å². The van der Waals surface area contributed by atoms with Crippen molar-refractivity contribution in [2.45, 2.75) is 116 Å². The van der Waals surface area contributed by atoms with Crippen molar-refractivity contribution in [1.29, 1.82) is 0 Å². The standard InChI is InChI=1S/C28H48N6O7/c1-15(2)13-19(31-23(35)17(5)29)26(38)33-11-7-9-21(33)25(37)30-18(6)24(36)32-20(14-16(3)4)27(39)34-12-8-10-22(34)28(40)41/h15-22H,7-14,29H2,1-6H3,(H,30,37)(H,31,35)(H,32,36)(H,40,41)/t17-,18-,19-,20-,21-,22-/m0/s1. The number of carboxylic acid groups (broad SMARTS) is 1. The Balaban J connectivity index is 2.09. The van der Waals surface area contributed by atoms with Crippen LogP contribution in [0.2, 0.25) is 0 Å². The molecule has 0 aromatic rings. The maximum atomic E-state index is 13.4. The highest BCUT2D eigenvalue weighted by atomic mass is 16.4. The monoisotopic (exact) mass is 580 g/mol. The summed E-state index contributed by atoms with van der Waals surface area (Å²) < 4.78 is 0. The Bertz CT molecular complexity index is 985. The minimum atomic E-state index is -1.07. The first-order valence-corrected chi connectivity index (χ1v) is 14.6. The molecular formula is C28H48N6O7. The summed E-state index contributed by atoms with van der Waals surface area (Å²) in [6.07, 6.45) is 2.61. The van der Waals surface area contributed by atoms with Crippen LogP contribution in [0.1, 0.15) is 80.1 Å². The molecule has 5 amide bonds. The molecule has 0 aliphatic carbocycles. The molecular weight excluding hydrogens is 532 g/mol. The molecule has 232 valence electrons. The van der Waals surface area contributed by atoms with Gasteiger partial charge in [0.2, 0.25) is 29.5 Å². The van der Waals surface area contributed by atoms with Gasteiger partial charge in [0.15, 0.2) is 0 Å². The van der Waals surface area contributed by atoms with Crippen LogP contribution >= 0.6 is 0 Å². The third-order valence-electron chi connectivity index (χ3n) is 7.47. The van der Waals surface area contributed by atoms with Gasteiger partial charge in [-0.1, -0.05) is 27.7 Å². The molecule has 6 N–H and O–H groups in total. The molecule has 13 nitrogen and oxygen atoms in total. The second-order valence-corrected chi connectivity index (χ2v) is 12.1. The first-order valence-electron chi connectivity index (χ1n) is 14.6. The summed E-state index contributed by atoms with van der Waals surface area (Å²) in [5.41, 5.74) is 5.67. The van der Waals surface area contributed by atoms with Crippen molar-refractivity contribution in [3.63, 3.8) is 0 Å². The fourth-order valence-corrected chi connectivity index (χ4v) is 5.35. The Kier molecular flexibility index (Phi) is 12.5. The van der Waals surface area contributed by atoms with Gasteiger partial charge in [-0.3, -0.25) is 24.0 Å². The van der Waals surface area contributed by atoms with Crippen LogP contribution in [0.25, 0.3) is 0 Å². The Morgan fingerprint density at radius 2 is 1.17 bits per heavy atom. The summed E-state index contributed by atoms with van der Waals surface area (Å²) in [5, 5.41) is 17.6. The molecule has 0 radical (unpaired) electrons. The third-order valence-corrected chi connectivity index (χ3v) is 7.47. The van der Waals surface area contributed by atoms with Crippen LogP contribution in [-0.4, -0.2) is 99.8 Å². The molecule has 2 saturated heterocycles. The largest absolute Gasteiger partial charge is 0.480 e. The molecule has 0 saturated carbocycles. The average molecular weight is 581 g/mol. The predicted molar refractivity (Wildman–Crippen MR) is 151 cm³/mol. The first-order chi connectivity index (χ1) is 19.1. The number of aliphatic carboxylic acids is 1. The van der Waals surface area contributed by atoms with Gasteiger partial charge in [0, 0.05) is 13.1 Å². The lowest BCUT2D eigenvalue weighted by molar-refractivity contribution is -0.149. The van der Waals surface area contributed by atoms with Crippen LogP contribution in [0.4, 0.5) is 0 Å². The number of nitrogens with zero attached hydrogens (tertiary/aromatic N) is 2. The van der Waals surface area contributed by atoms with E-state index in [0.717, 1.165) is 0 Å². The minimum absolute atomic E-state index is 0.0413. The van der Waals surface area contributed by atoms with Gasteiger partial charge in [0.05, 0.1) is 6.04 Å². The van der Waals surface area contributed by atoms with Crippen molar-refractivity contribution in [3.05, 3.63) is 0 Å². The maximum Gasteiger partial charge on any atom is 0.326 e. The number of amides is 5. The van der Waals surface area contributed by atoms with Crippen molar-refractivity contribution in [1.82, 2.24) is 25.8 Å². The maximum absolute atomic E-state index is 13.4. The predicted octanol–water partition coefficient (Wildman–Crippen LogP) is -0.0333. The average Bonchev–Trinajstić information content (AvgIpc) is 3.56. The Hall–Kier alpha value is -3.22. The normalized spacial score (nSPS) is 21.8. The molecule has 0 unspecified atom stereocenters. The molecule has 2 fully saturated rings. The summed E-state index contributed by atoms with van der Waals surface area (Å²) in [6, 6.07) is -5.30. The van der Waals surface area contributed by atoms with E-state index in [9.17, 15) is 33.9 Å². The topological polar surface area (TPSA) is 191 Å². The summed E-state index contributed by atoms with van der Waals surface area (Å²) >= 11 is 0. The number of hydrogen-bond donors (Lipinski definition) is 5. The van der Waals surface area contributed by atoms with Gasteiger partial charge < -0.3 is 36.6 Å². The highest BCUT2D eigenvalue weighted by Crippen LogP contribution is 2.22. The molecule has 41 heavy (non-hydrogen) atoms. The van der Waals surface area contributed by atoms with E-state index in [2.05, 4.69) is 16.0 Å². The van der Waals surface area contributed by atoms with E-state index in [1.54, 1.807) is 0 Å². The zero-order valence-electron chi connectivity index (χ0n) is 25.1. The lowest BCUT2D eigenvalue weighted by atomic mass is 10.0. The number of nitrogens with one attached hydrogen (secondary N) is 3. The van der Waals surface area contributed by atoms with Crippen LogP contribution in [0.5, 0.6) is 0 Å². The zero-order valence-corrected chi connectivity index (χ0v) is 25.1. The lowest BCUT2D eigenvalue weighted by Crippen LogP contribution is -2.58. The van der Waals surface area contributed by atoms with E-state index in [1.165, 1.54) is 23.6 Å². The highest BCUT2D eigenvalue weighted by Gasteiger charge is 2.40. The van der Waals surface area contributed by atoms with Crippen molar-refractivity contribution in [2.24, 2.45) is 17.6 Å². The summed E-state index contributed by atoms with van der Waals surface area (Å²) in [6.45, 7) is 11.3. The first kappa shape index (κ1) is 34.0. The molecule has 2 aliphatic rings. The summed E-state index contributed by atoms with van der Waals surface area (Å²) in [5.74, 6) is -3.29. The Morgan fingerprint density at radius 3 is 1.61 bits per heavy atom. The van der Waals surface area contributed by atoms with Crippen LogP contribution in [0.15, 0.2) is 0 Å². The molecule has 13 heteroatoms. The molecule has 2 aliphatic heterocycles. The lowest BCUT2D eigenvalue weighted by Gasteiger charge is -2.31. The van der Waals surface area contributed by atoms with E-state index < -0.39 is 65.8 Å². The fraction of sp³-hybridized carbons (Fsp3) is 0.786. The van der Waals surface area contributed by atoms with E-state index in [-0.39, 0.29) is 17.7 Å². The number of carbonyl (C=O) groups excluding carboxylic acids is 5. The van der Waals surface area contributed by atoms with Crippen molar-refractivity contribution in [2.75, 3.05) is 13.1 Å². The molecule has 0 aromatic carbocycles. The third kappa shape index (κ3) is 9.40. The van der Waals surface area contributed by atoms with Crippen molar-refractivity contribution < 1.29 is 33.9 Å². The van der Waals surface area contributed by atoms with Crippen molar-refractivity contribution >= 4 is 35.5 Å². The van der Waals surface area contributed by atoms with Crippen molar-refractivity contribution in [3.8, 4) is 0 Å².